The first-order valence-electron chi connectivity index (χ1n) is 9.79. The molecule has 0 unspecified atom stereocenters. The number of piperazine rings is 1. The van der Waals surface area contributed by atoms with Gasteiger partial charge in [0.05, 0.1) is 11.4 Å². The van der Waals surface area contributed by atoms with Crippen LogP contribution >= 0.6 is 0 Å². The molecule has 0 atom stereocenters. The maximum Gasteiger partial charge on any atom is 0.243 e. The Balaban J connectivity index is 1.75. The van der Waals surface area contributed by atoms with Crippen molar-refractivity contribution in [3.63, 3.8) is 0 Å². The second kappa shape index (κ2) is 9.03. The highest BCUT2D eigenvalue weighted by atomic mass is 32.2. The van der Waals surface area contributed by atoms with Gasteiger partial charge in [0.25, 0.3) is 0 Å². The quantitative estimate of drug-likeness (QED) is 0.536. The third-order valence-corrected chi connectivity index (χ3v) is 7.06. The lowest BCUT2D eigenvalue weighted by Gasteiger charge is -2.32. The molecule has 0 spiro atoms. The zero-order valence-corrected chi connectivity index (χ0v) is 17.1. The molecule has 1 saturated carbocycles. The van der Waals surface area contributed by atoms with Crippen LogP contribution in [0.1, 0.15) is 25.3 Å². The fourth-order valence-electron chi connectivity index (χ4n) is 3.12. The fraction of sp³-hybridized carbons (Fsp3) is 0.632. The van der Waals surface area contributed by atoms with Gasteiger partial charge in [-0.05, 0) is 44.4 Å². The van der Waals surface area contributed by atoms with Crippen LogP contribution in [0.3, 0.4) is 0 Å². The maximum atomic E-state index is 13.1. The zero-order chi connectivity index (χ0) is 19.3. The van der Waals surface area contributed by atoms with Crippen molar-refractivity contribution in [1.29, 1.82) is 0 Å². The van der Waals surface area contributed by atoms with Crippen LogP contribution < -0.4 is 10.6 Å². The summed E-state index contributed by atoms with van der Waals surface area (Å²) in [6, 6.07) is 7.21. The van der Waals surface area contributed by atoms with Crippen LogP contribution in [0.5, 0.6) is 0 Å². The number of nitrogens with zero attached hydrogens (tertiary/aromatic N) is 3. The number of rotatable bonds is 7. The smallest absolute Gasteiger partial charge is 0.243 e. The Kier molecular flexibility index (Phi) is 6.73. The average molecular weight is 394 g/mol. The first-order chi connectivity index (χ1) is 13.0. The van der Waals surface area contributed by atoms with Gasteiger partial charge in [-0.2, -0.15) is 4.31 Å². The summed E-state index contributed by atoms with van der Waals surface area (Å²) in [5.74, 6) is 1.50. The maximum absolute atomic E-state index is 13.1. The van der Waals surface area contributed by atoms with Gasteiger partial charge >= 0.3 is 0 Å². The summed E-state index contributed by atoms with van der Waals surface area (Å²) in [7, 11) is -1.48. The van der Waals surface area contributed by atoms with Crippen LogP contribution in [0.15, 0.2) is 34.2 Å². The Labute approximate surface area is 162 Å². The number of aliphatic imine (C=N–C) groups is 1. The van der Waals surface area contributed by atoms with E-state index in [2.05, 4.69) is 20.5 Å². The summed E-state index contributed by atoms with van der Waals surface area (Å²) in [6.07, 6.45) is 2.55. The van der Waals surface area contributed by atoms with E-state index in [4.69, 9.17) is 0 Å². The molecule has 0 aromatic heterocycles. The Morgan fingerprint density at radius 2 is 1.85 bits per heavy atom. The van der Waals surface area contributed by atoms with Gasteiger partial charge in [-0.3, -0.25) is 0 Å². The summed E-state index contributed by atoms with van der Waals surface area (Å²) in [6.45, 7) is 6.64. The van der Waals surface area contributed by atoms with E-state index < -0.39 is 10.0 Å². The van der Waals surface area contributed by atoms with Gasteiger partial charge in [0.15, 0.2) is 5.96 Å². The Morgan fingerprint density at radius 1 is 1.15 bits per heavy atom. The molecule has 0 bridgehead atoms. The number of likely N-dealkylation sites (N-methyl/N-ethyl adjacent to an activating group) is 1. The summed E-state index contributed by atoms with van der Waals surface area (Å²) in [5, 5.41) is 6.59. The van der Waals surface area contributed by atoms with E-state index in [0.29, 0.717) is 24.5 Å². The minimum atomic E-state index is -3.50. The lowest BCUT2D eigenvalue weighted by Crippen LogP contribution is -2.47. The minimum Gasteiger partial charge on any atom is -0.357 e. The van der Waals surface area contributed by atoms with Gasteiger partial charge in [-0.1, -0.05) is 18.2 Å². The van der Waals surface area contributed by atoms with E-state index >= 15 is 0 Å². The minimum absolute atomic E-state index is 0.336. The molecule has 8 heteroatoms. The summed E-state index contributed by atoms with van der Waals surface area (Å²) >= 11 is 0. The highest BCUT2D eigenvalue weighted by Crippen LogP contribution is 2.27. The van der Waals surface area contributed by atoms with E-state index in [1.54, 1.807) is 16.4 Å². The van der Waals surface area contributed by atoms with Crippen molar-refractivity contribution in [2.75, 3.05) is 46.3 Å². The van der Waals surface area contributed by atoms with Gasteiger partial charge in [0, 0.05) is 39.3 Å². The molecule has 1 aromatic carbocycles. The Morgan fingerprint density at radius 3 is 2.52 bits per heavy atom. The molecule has 2 N–H and O–H groups in total. The Hall–Kier alpha value is -1.64. The van der Waals surface area contributed by atoms with Gasteiger partial charge in [0.2, 0.25) is 10.0 Å². The van der Waals surface area contributed by atoms with Crippen LogP contribution in [-0.4, -0.2) is 69.9 Å². The predicted octanol–water partition coefficient (Wildman–Crippen LogP) is 1.09. The van der Waals surface area contributed by atoms with Crippen molar-refractivity contribution in [3.8, 4) is 0 Å². The SMILES string of the molecule is CCNC(=NCc1ccccc1S(=O)(=O)N1CCN(C)CC1)NCC1CC1. The van der Waals surface area contributed by atoms with E-state index in [0.717, 1.165) is 43.6 Å². The summed E-state index contributed by atoms with van der Waals surface area (Å²) < 4.78 is 27.9. The van der Waals surface area contributed by atoms with Gasteiger partial charge in [-0.15, -0.1) is 0 Å². The second-order valence-electron chi connectivity index (χ2n) is 7.33. The van der Waals surface area contributed by atoms with Gasteiger partial charge < -0.3 is 15.5 Å². The van der Waals surface area contributed by atoms with Crippen LogP contribution in [0, 0.1) is 5.92 Å². The third kappa shape index (κ3) is 5.43. The standard InChI is InChI=1S/C19H31N5O2S/c1-3-20-19(21-14-16-8-9-16)22-15-17-6-4-5-7-18(17)27(25,26)24-12-10-23(2)11-13-24/h4-7,16H,3,8-15H2,1-2H3,(H2,20,21,22). The molecule has 1 heterocycles. The number of hydrogen-bond acceptors (Lipinski definition) is 4. The molecule has 1 aliphatic carbocycles. The second-order valence-corrected chi connectivity index (χ2v) is 9.24. The molecule has 2 fully saturated rings. The molecule has 150 valence electrons. The van der Waals surface area contributed by atoms with Crippen LogP contribution in [-0.2, 0) is 16.6 Å². The molecule has 0 amide bonds. The van der Waals surface area contributed by atoms with Crippen molar-refractivity contribution in [3.05, 3.63) is 29.8 Å². The first-order valence-corrected chi connectivity index (χ1v) is 11.2. The molecule has 3 rings (SSSR count). The van der Waals surface area contributed by atoms with Crippen LogP contribution in [0.2, 0.25) is 0 Å². The first kappa shape index (κ1) is 20.1. The average Bonchev–Trinajstić information content (AvgIpc) is 3.49. The number of nitrogens with one attached hydrogen (secondary N) is 2. The number of benzene rings is 1. The monoisotopic (exact) mass is 393 g/mol. The zero-order valence-electron chi connectivity index (χ0n) is 16.3. The van der Waals surface area contributed by atoms with Crippen molar-refractivity contribution >= 4 is 16.0 Å². The van der Waals surface area contributed by atoms with E-state index in [1.807, 2.05) is 26.1 Å². The fourth-order valence-corrected chi connectivity index (χ4v) is 4.76. The lowest BCUT2D eigenvalue weighted by molar-refractivity contribution is 0.222. The number of sulfonamides is 1. The summed E-state index contributed by atoms with van der Waals surface area (Å²) in [5.41, 5.74) is 0.736. The van der Waals surface area contributed by atoms with Crippen molar-refractivity contribution in [1.82, 2.24) is 19.8 Å². The summed E-state index contributed by atoms with van der Waals surface area (Å²) in [4.78, 5) is 7.14. The van der Waals surface area contributed by atoms with Crippen molar-refractivity contribution in [2.45, 2.75) is 31.2 Å². The molecule has 27 heavy (non-hydrogen) atoms. The highest BCUT2D eigenvalue weighted by molar-refractivity contribution is 7.89. The van der Waals surface area contributed by atoms with Crippen LogP contribution in [0.4, 0.5) is 0 Å². The van der Waals surface area contributed by atoms with Crippen molar-refractivity contribution in [2.24, 2.45) is 10.9 Å². The Bertz CT molecular complexity index is 753. The molecule has 0 radical (unpaired) electrons. The molecule has 7 nitrogen and oxygen atoms in total. The van der Waals surface area contributed by atoms with E-state index in [1.165, 1.54) is 12.8 Å². The molecular weight excluding hydrogens is 362 g/mol. The normalized spacial score (nSPS) is 19.9. The molecule has 1 aromatic rings. The van der Waals surface area contributed by atoms with Gasteiger partial charge in [-0.25, -0.2) is 13.4 Å². The lowest BCUT2D eigenvalue weighted by atomic mass is 10.2. The van der Waals surface area contributed by atoms with E-state index in [-0.39, 0.29) is 0 Å². The molecule has 1 aliphatic heterocycles. The van der Waals surface area contributed by atoms with Gasteiger partial charge in [0.1, 0.15) is 0 Å². The molecule has 2 aliphatic rings. The number of guanidine groups is 1. The molecular formula is C19H31N5O2S. The van der Waals surface area contributed by atoms with E-state index in [9.17, 15) is 8.42 Å². The topological polar surface area (TPSA) is 77.0 Å². The highest BCUT2D eigenvalue weighted by Gasteiger charge is 2.29. The number of hydrogen-bond donors (Lipinski definition) is 2. The third-order valence-electron chi connectivity index (χ3n) is 5.06. The molecule has 1 saturated heterocycles. The van der Waals surface area contributed by atoms with Crippen molar-refractivity contribution < 1.29 is 8.42 Å². The largest absolute Gasteiger partial charge is 0.357 e. The van der Waals surface area contributed by atoms with Crippen LogP contribution in [0.25, 0.3) is 0 Å². The predicted molar refractivity (Wildman–Crippen MR) is 108 cm³/mol.